The van der Waals surface area contributed by atoms with Crippen molar-refractivity contribution in [2.45, 2.75) is 26.9 Å². The molecule has 0 saturated heterocycles. The molecule has 1 N–H and O–H groups in total. The van der Waals surface area contributed by atoms with Gasteiger partial charge in [-0.2, -0.15) is 5.06 Å². The number of hydroxylamine groups is 2. The van der Waals surface area contributed by atoms with Crippen LogP contribution in [0, 0.1) is 7.43 Å². The van der Waals surface area contributed by atoms with Crippen LogP contribution in [-0.2, 0) is 31.6 Å². The third-order valence-corrected chi connectivity index (χ3v) is 1.82. The van der Waals surface area contributed by atoms with Crippen LogP contribution in [0.25, 0.3) is 0 Å². The average molecular weight is 231 g/mol. The topological polar surface area (TPSA) is 23.5 Å². The summed E-state index contributed by atoms with van der Waals surface area (Å²) in [5.41, 5.74) is 2.48. The summed E-state index contributed by atoms with van der Waals surface area (Å²) in [6.07, 6.45) is 0. The monoisotopic (exact) mass is 231 g/mol. The Kier molecular flexibility index (Phi) is 9.32. The third-order valence-electron chi connectivity index (χ3n) is 1.82. The fourth-order valence-corrected chi connectivity index (χ4v) is 1.32. The second kappa shape index (κ2) is 8.07. The third kappa shape index (κ3) is 3.85. The molecule has 1 heterocycles. The van der Waals surface area contributed by atoms with Gasteiger partial charge in [0, 0.05) is 31.6 Å². The van der Waals surface area contributed by atoms with Gasteiger partial charge < -0.3 is 12.6 Å². The van der Waals surface area contributed by atoms with E-state index in [9.17, 15) is 0 Å². The van der Waals surface area contributed by atoms with Crippen LogP contribution < -0.4 is 0 Å². The van der Waals surface area contributed by atoms with E-state index in [2.05, 4.69) is 0 Å². The van der Waals surface area contributed by atoms with Crippen LogP contribution in [0.3, 0.4) is 0 Å². The minimum absolute atomic E-state index is 0. The molecule has 14 heavy (non-hydrogen) atoms. The van der Waals surface area contributed by atoms with Crippen LogP contribution in [0.15, 0.2) is 24.3 Å². The summed E-state index contributed by atoms with van der Waals surface area (Å²) in [5, 5.41) is 10.4. The number of fused-ring (bicyclic) bond motifs is 1. The molecule has 0 aromatic heterocycles. The molecule has 0 spiro atoms. The van der Waals surface area contributed by atoms with Crippen LogP contribution >= 0.6 is 0 Å². The molecule has 0 fully saturated rings. The van der Waals surface area contributed by atoms with Crippen molar-refractivity contribution in [1.29, 1.82) is 0 Å². The van der Waals surface area contributed by atoms with Crippen molar-refractivity contribution in [2.75, 3.05) is 0 Å². The summed E-state index contributed by atoms with van der Waals surface area (Å²) < 4.78 is 0. The predicted molar refractivity (Wildman–Crippen MR) is 55.2 cm³/mol. The predicted octanol–water partition coefficient (Wildman–Crippen LogP) is 2.87. The van der Waals surface area contributed by atoms with Crippen molar-refractivity contribution in [3.8, 4) is 0 Å². The zero-order valence-electron chi connectivity index (χ0n) is 9.07. The fraction of sp³-hybridized carbons (Fsp3) is 0.364. The van der Waals surface area contributed by atoms with E-state index in [1.165, 1.54) is 16.2 Å². The Hall–Kier alpha value is -0.276. The minimum atomic E-state index is 0. The van der Waals surface area contributed by atoms with Gasteiger partial charge in [-0.15, -0.1) is 0 Å². The molecule has 2 rings (SSSR count). The van der Waals surface area contributed by atoms with Crippen LogP contribution in [-0.4, -0.2) is 10.3 Å². The van der Waals surface area contributed by atoms with E-state index < -0.39 is 0 Å². The second-order valence-electron chi connectivity index (χ2n) is 2.59. The maximum atomic E-state index is 9.08. The Morgan fingerprint density at radius 3 is 1.79 bits per heavy atom. The summed E-state index contributed by atoms with van der Waals surface area (Å²) in [4.78, 5) is 0. The smallest absolute Gasteiger partial charge is 0.0495 e. The molecule has 0 atom stereocenters. The van der Waals surface area contributed by atoms with Gasteiger partial charge in [0.1, 0.15) is 0 Å². The van der Waals surface area contributed by atoms with Gasteiger partial charge >= 0.3 is 0 Å². The van der Waals surface area contributed by atoms with Crippen LogP contribution in [0.5, 0.6) is 0 Å². The molecular weight excluding hydrogens is 213 g/mol. The Morgan fingerprint density at radius 1 is 1.07 bits per heavy atom. The summed E-state index contributed by atoms with van der Waals surface area (Å²) in [7, 11) is 0. The van der Waals surface area contributed by atoms with Crippen LogP contribution in [0.4, 0.5) is 0 Å². The van der Waals surface area contributed by atoms with E-state index in [1.54, 1.807) is 0 Å². The molecule has 1 aliphatic rings. The van der Waals surface area contributed by atoms with Crippen molar-refractivity contribution < 1.29 is 23.8 Å². The molecular formula is C11H18NOV-. The molecule has 0 saturated carbocycles. The fourth-order valence-electron chi connectivity index (χ4n) is 1.32. The normalized spacial score (nSPS) is 12.8. The molecule has 0 amide bonds. The van der Waals surface area contributed by atoms with E-state index >= 15 is 0 Å². The number of hydrogen-bond acceptors (Lipinski definition) is 2. The van der Waals surface area contributed by atoms with E-state index in [4.69, 9.17) is 5.21 Å². The van der Waals surface area contributed by atoms with Gasteiger partial charge in [-0.3, -0.25) is 0 Å². The maximum Gasteiger partial charge on any atom is 0.0495 e. The number of rotatable bonds is 0. The van der Waals surface area contributed by atoms with Gasteiger partial charge in [0.2, 0.25) is 0 Å². The molecule has 0 bridgehead atoms. The summed E-state index contributed by atoms with van der Waals surface area (Å²) >= 11 is 0. The van der Waals surface area contributed by atoms with Crippen molar-refractivity contribution in [1.82, 2.24) is 5.06 Å². The first-order chi connectivity index (χ1) is 5.86. The summed E-state index contributed by atoms with van der Waals surface area (Å²) in [5.74, 6) is 0. The van der Waals surface area contributed by atoms with Crippen LogP contribution in [0.2, 0.25) is 0 Å². The number of benzene rings is 1. The van der Waals surface area contributed by atoms with Gasteiger partial charge in [0.15, 0.2) is 0 Å². The standard InChI is InChI=1S/C8H9NO.C2H6.CH3.V/c10-9-5-7-3-1-2-4-8(7)6-9;1-2;;/h1-4,10H,5-6H2;1-2H3;1H3;/q;;-1;. The van der Waals surface area contributed by atoms with Gasteiger partial charge in [0.25, 0.3) is 0 Å². The van der Waals surface area contributed by atoms with Gasteiger partial charge in [-0.1, -0.05) is 38.1 Å². The Bertz CT molecular complexity index is 228. The largest absolute Gasteiger partial charge is 0.358 e. The second-order valence-corrected chi connectivity index (χ2v) is 2.59. The molecule has 1 aromatic rings. The minimum Gasteiger partial charge on any atom is -0.358 e. The Morgan fingerprint density at radius 2 is 1.43 bits per heavy atom. The molecule has 2 nitrogen and oxygen atoms in total. The first-order valence-corrected chi connectivity index (χ1v) is 4.37. The molecule has 1 radical (unpaired) electrons. The van der Waals surface area contributed by atoms with Gasteiger partial charge in [0.05, 0.1) is 0 Å². The van der Waals surface area contributed by atoms with Gasteiger partial charge in [-0.25, -0.2) is 0 Å². The van der Waals surface area contributed by atoms with E-state index in [1.807, 2.05) is 38.1 Å². The van der Waals surface area contributed by atoms with Crippen molar-refractivity contribution in [3.63, 3.8) is 0 Å². The van der Waals surface area contributed by atoms with Crippen molar-refractivity contribution in [3.05, 3.63) is 42.8 Å². The Balaban J connectivity index is 0. The molecule has 79 valence electrons. The van der Waals surface area contributed by atoms with Crippen LogP contribution in [0.1, 0.15) is 25.0 Å². The average Bonchev–Trinajstić information content (AvgIpc) is 2.48. The first-order valence-electron chi connectivity index (χ1n) is 4.37. The Labute approximate surface area is 98.8 Å². The zero-order chi connectivity index (χ0) is 8.97. The first kappa shape index (κ1) is 16.2. The maximum absolute atomic E-state index is 9.08. The van der Waals surface area contributed by atoms with Gasteiger partial charge in [-0.05, 0) is 11.1 Å². The summed E-state index contributed by atoms with van der Waals surface area (Å²) in [6.45, 7) is 5.35. The molecule has 0 aliphatic carbocycles. The molecule has 1 aromatic carbocycles. The summed E-state index contributed by atoms with van der Waals surface area (Å²) in [6, 6.07) is 8.09. The van der Waals surface area contributed by atoms with E-state index in [0.717, 1.165) is 0 Å². The van der Waals surface area contributed by atoms with E-state index in [-0.39, 0.29) is 26.0 Å². The molecule has 0 unspecified atom stereocenters. The molecule has 1 aliphatic heterocycles. The quantitative estimate of drug-likeness (QED) is 0.694. The zero-order valence-corrected chi connectivity index (χ0v) is 10.5. The number of hydrogen-bond donors (Lipinski definition) is 1. The number of nitrogens with zero attached hydrogens (tertiary/aromatic N) is 1. The van der Waals surface area contributed by atoms with E-state index in [0.29, 0.717) is 13.1 Å². The van der Waals surface area contributed by atoms with Crippen molar-refractivity contribution in [2.24, 2.45) is 0 Å². The van der Waals surface area contributed by atoms with Crippen molar-refractivity contribution >= 4 is 0 Å². The molecule has 3 heteroatoms. The SMILES string of the molecule is CC.ON1Cc2ccccc2C1.[CH3-].[V].